The first-order valence-electron chi connectivity index (χ1n) is 6.60. The van der Waals surface area contributed by atoms with Crippen LogP contribution in [0.15, 0.2) is 0 Å². The largest absolute Gasteiger partial charge is 0.466 e. The van der Waals surface area contributed by atoms with Crippen LogP contribution in [0.4, 0.5) is 0 Å². The summed E-state index contributed by atoms with van der Waals surface area (Å²) in [6, 6.07) is 0. The molecule has 16 heavy (non-hydrogen) atoms. The number of hydrogen-bond acceptors (Lipinski definition) is 3. The van der Waals surface area contributed by atoms with Crippen molar-refractivity contribution < 1.29 is 9.53 Å². The van der Waals surface area contributed by atoms with Crippen LogP contribution >= 0.6 is 11.8 Å². The van der Waals surface area contributed by atoms with E-state index in [1.54, 1.807) is 0 Å². The summed E-state index contributed by atoms with van der Waals surface area (Å²) in [6.07, 6.45) is 9.58. The summed E-state index contributed by atoms with van der Waals surface area (Å²) in [6.45, 7) is 2.37. The number of hydrogen-bond donors (Lipinski definition) is 0. The Morgan fingerprint density at radius 2 is 1.81 bits per heavy atom. The summed E-state index contributed by atoms with van der Waals surface area (Å²) in [4.78, 5) is 11.0. The zero-order valence-electron chi connectivity index (χ0n) is 10.4. The first-order valence-corrected chi connectivity index (χ1v) is 7.65. The van der Waals surface area contributed by atoms with Gasteiger partial charge in [0.05, 0.1) is 6.61 Å². The summed E-state index contributed by atoms with van der Waals surface area (Å²) >= 11 is 2.10. The highest BCUT2D eigenvalue weighted by Gasteiger charge is 2.20. The molecule has 94 valence electrons. The minimum Gasteiger partial charge on any atom is -0.466 e. The summed E-state index contributed by atoms with van der Waals surface area (Å²) < 4.78 is 4.88. The van der Waals surface area contributed by atoms with E-state index >= 15 is 0 Å². The van der Waals surface area contributed by atoms with Crippen LogP contribution in [0.25, 0.3) is 0 Å². The molecule has 2 nitrogen and oxygen atoms in total. The molecule has 0 bridgehead atoms. The molecule has 0 saturated carbocycles. The van der Waals surface area contributed by atoms with Gasteiger partial charge < -0.3 is 4.74 Å². The third-order valence-corrected chi connectivity index (χ3v) is 3.91. The Labute approximate surface area is 104 Å². The molecule has 1 rings (SSSR count). The second kappa shape index (κ2) is 8.91. The van der Waals surface area contributed by atoms with Crippen molar-refractivity contribution in [2.75, 3.05) is 12.4 Å². The molecule has 1 atom stereocenters. The number of carbonyl (C=O) groups is 1. The Bertz CT molecular complexity index is 190. The topological polar surface area (TPSA) is 26.3 Å². The Balaban J connectivity index is 1.71. The third kappa shape index (κ3) is 8.03. The lowest BCUT2D eigenvalue weighted by Crippen LogP contribution is -2.03. The lowest BCUT2D eigenvalue weighted by Gasteiger charge is -2.02. The molecule has 1 fully saturated rings. The first-order chi connectivity index (χ1) is 7.83. The molecule has 0 N–H and O–H groups in total. The number of thioether (sulfide) groups is 1. The second-order valence-corrected chi connectivity index (χ2v) is 5.75. The number of ether oxygens (including phenoxy) is 1. The van der Waals surface area contributed by atoms with E-state index in [0.29, 0.717) is 13.0 Å². The van der Waals surface area contributed by atoms with Gasteiger partial charge in [-0.05, 0) is 19.8 Å². The Morgan fingerprint density at radius 1 is 1.19 bits per heavy atom. The zero-order valence-corrected chi connectivity index (χ0v) is 11.2. The van der Waals surface area contributed by atoms with E-state index < -0.39 is 0 Å². The highest BCUT2D eigenvalue weighted by atomic mass is 32.2. The van der Waals surface area contributed by atoms with E-state index in [1.165, 1.54) is 44.3 Å². The molecular weight excluding hydrogens is 220 g/mol. The summed E-state index contributed by atoms with van der Waals surface area (Å²) in [7, 11) is 0. The van der Waals surface area contributed by atoms with Gasteiger partial charge in [0.25, 0.3) is 0 Å². The van der Waals surface area contributed by atoms with Gasteiger partial charge in [0.2, 0.25) is 0 Å². The van der Waals surface area contributed by atoms with Crippen LogP contribution in [0.1, 0.15) is 58.3 Å². The van der Waals surface area contributed by atoms with Gasteiger partial charge in [0.1, 0.15) is 0 Å². The summed E-state index contributed by atoms with van der Waals surface area (Å²) in [5, 5.41) is 1.00. The Hall–Kier alpha value is -0.180. The van der Waals surface area contributed by atoms with Crippen LogP contribution in [0, 0.1) is 0 Å². The van der Waals surface area contributed by atoms with Gasteiger partial charge in [0.15, 0.2) is 0 Å². The fraction of sp³-hybridized carbons (Fsp3) is 0.923. The molecular formula is C13H24O2S. The van der Waals surface area contributed by atoms with Crippen molar-refractivity contribution in [1.29, 1.82) is 0 Å². The average molecular weight is 244 g/mol. The highest BCUT2D eigenvalue weighted by Crippen LogP contribution is 2.34. The maximum atomic E-state index is 11.0. The number of esters is 1. The molecule has 1 unspecified atom stereocenters. The fourth-order valence-electron chi connectivity index (χ4n) is 1.82. The van der Waals surface area contributed by atoms with Crippen LogP contribution in [0.2, 0.25) is 0 Å². The number of unbranched alkanes of at least 4 members (excludes halogenated alkanes) is 5. The van der Waals surface area contributed by atoms with Gasteiger partial charge in [0, 0.05) is 17.4 Å². The van der Waals surface area contributed by atoms with Crippen LogP contribution < -0.4 is 0 Å². The van der Waals surface area contributed by atoms with Crippen molar-refractivity contribution in [3.63, 3.8) is 0 Å². The minimum atomic E-state index is -0.0340. The van der Waals surface area contributed by atoms with E-state index in [1.807, 2.05) is 6.92 Å². The summed E-state index contributed by atoms with van der Waals surface area (Å²) in [5.74, 6) is 1.37. The zero-order chi connectivity index (χ0) is 11.6. The van der Waals surface area contributed by atoms with Gasteiger partial charge in [-0.1, -0.05) is 32.1 Å². The van der Waals surface area contributed by atoms with Crippen molar-refractivity contribution in [3.05, 3.63) is 0 Å². The highest BCUT2D eigenvalue weighted by molar-refractivity contribution is 8.06. The van der Waals surface area contributed by atoms with Crippen LogP contribution in [-0.2, 0) is 9.53 Å². The molecule has 0 radical (unpaired) electrons. The molecule has 1 aliphatic heterocycles. The van der Waals surface area contributed by atoms with E-state index in [-0.39, 0.29) is 5.97 Å². The predicted octanol–water partition coefficient (Wildman–Crippen LogP) is 3.79. The van der Waals surface area contributed by atoms with E-state index in [9.17, 15) is 4.79 Å². The molecule has 0 aromatic carbocycles. The molecule has 0 spiro atoms. The van der Waals surface area contributed by atoms with Gasteiger partial charge >= 0.3 is 5.97 Å². The van der Waals surface area contributed by atoms with Crippen LogP contribution in [0.5, 0.6) is 0 Å². The van der Waals surface area contributed by atoms with E-state index in [2.05, 4.69) is 11.8 Å². The Kier molecular flexibility index (Phi) is 7.73. The fourth-order valence-corrected chi connectivity index (χ4v) is 2.45. The van der Waals surface area contributed by atoms with Gasteiger partial charge in [-0.3, -0.25) is 4.79 Å². The van der Waals surface area contributed by atoms with Crippen LogP contribution in [0.3, 0.4) is 0 Å². The standard InChI is InChI=1S/C13H24O2S/c1-2-15-13(14)10-8-6-4-3-5-7-9-12-11-16-12/h12H,2-11H2,1H3. The Morgan fingerprint density at radius 3 is 2.44 bits per heavy atom. The van der Waals surface area contributed by atoms with Crippen molar-refractivity contribution in [2.24, 2.45) is 0 Å². The van der Waals surface area contributed by atoms with Gasteiger partial charge in [-0.2, -0.15) is 11.8 Å². The molecule has 1 aliphatic rings. The third-order valence-electron chi connectivity index (χ3n) is 2.86. The lowest BCUT2D eigenvalue weighted by atomic mass is 10.1. The average Bonchev–Trinajstić information content (AvgIpc) is 3.06. The summed E-state index contributed by atoms with van der Waals surface area (Å²) in [5.41, 5.74) is 0. The van der Waals surface area contributed by atoms with Gasteiger partial charge in [-0.25, -0.2) is 0 Å². The molecule has 0 amide bonds. The lowest BCUT2D eigenvalue weighted by molar-refractivity contribution is -0.143. The predicted molar refractivity (Wildman–Crippen MR) is 69.8 cm³/mol. The minimum absolute atomic E-state index is 0.0340. The SMILES string of the molecule is CCOC(=O)CCCCCCCCC1CS1. The van der Waals surface area contributed by atoms with Crippen molar-refractivity contribution in [3.8, 4) is 0 Å². The molecule has 1 saturated heterocycles. The molecule has 0 aromatic rings. The molecule has 0 aromatic heterocycles. The number of carbonyl (C=O) groups excluding carboxylic acids is 1. The van der Waals surface area contributed by atoms with Crippen molar-refractivity contribution >= 4 is 17.7 Å². The first kappa shape index (κ1) is 13.9. The van der Waals surface area contributed by atoms with E-state index in [4.69, 9.17) is 4.74 Å². The van der Waals surface area contributed by atoms with E-state index in [0.717, 1.165) is 11.7 Å². The monoisotopic (exact) mass is 244 g/mol. The van der Waals surface area contributed by atoms with Crippen molar-refractivity contribution in [1.82, 2.24) is 0 Å². The second-order valence-electron chi connectivity index (χ2n) is 4.42. The van der Waals surface area contributed by atoms with Crippen LogP contribution in [-0.4, -0.2) is 23.6 Å². The van der Waals surface area contributed by atoms with Gasteiger partial charge in [-0.15, -0.1) is 0 Å². The molecule has 1 heterocycles. The van der Waals surface area contributed by atoms with Crippen molar-refractivity contribution in [2.45, 2.75) is 63.5 Å². The maximum absolute atomic E-state index is 11.0. The molecule has 3 heteroatoms. The number of rotatable bonds is 10. The quantitative estimate of drug-likeness (QED) is 0.332. The smallest absolute Gasteiger partial charge is 0.305 e. The normalized spacial score (nSPS) is 18.4. The molecule has 0 aliphatic carbocycles. The maximum Gasteiger partial charge on any atom is 0.305 e.